The number of hydrogen-bond acceptors (Lipinski definition) is 5. The number of anilines is 1. The number of carbonyl (C=O) groups is 2. The van der Waals surface area contributed by atoms with Crippen LogP contribution in [0, 0.1) is 18.2 Å². The second-order valence-electron chi connectivity index (χ2n) is 5.66. The van der Waals surface area contributed by atoms with E-state index in [-0.39, 0.29) is 6.61 Å². The van der Waals surface area contributed by atoms with Gasteiger partial charge in [-0.05, 0) is 55.0 Å². The Morgan fingerprint density at radius 2 is 1.90 bits per heavy atom. The molecule has 0 atom stereocenters. The van der Waals surface area contributed by atoms with Crippen molar-refractivity contribution >= 4 is 23.7 Å². The largest absolute Gasteiger partial charge is 0.490 e. The molecule has 2 amide bonds. The first kappa shape index (κ1) is 21.4. The van der Waals surface area contributed by atoms with Crippen molar-refractivity contribution in [3.05, 3.63) is 53.8 Å². The molecule has 0 aliphatic rings. The number of amides is 2. The van der Waals surface area contributed by atoms with Crippen LogP contribution in [0.15, 0.2) is 47.6 Å². The van der Waals surface area contributed by atoms with Crippen LogP contribution in [0.25, 0.3) is 0 Å². The van der Waals surface area contributed by atoms with Crippen molar-refractivity contribution in [2.45, 2.75) is 13.3 Å². The van der Waals surface area contributed by atoms with Crippen molar-refractivity contribution in [3.63, 3.8) is 0 Å². The highest BCUT2D eigenvalue weighted by atomic mass is 19.1. The first-order valence-electron chi connectivity index (χ1n) is 8.72. The van der Waals surface area contributed by atoms with E-state index in [1.165, 1.54) is 30.5 Å². The molecule has 0 radical (unpaired) electrons. The standard InChI is InChI=1S/C21H20FN3O4/c1-3-11-29-18-10-5-15(12-19(18)28-4-2)14-23-25-21(27)13-20(26)24-17-8-6-16(22)7-9-17/h1,5-10,12,14H,4,11,13H2,2H3,(H,24,26)(H,25,27). The Morgan fingerprint density at radius 1 is 1.14 bits per heavy atom. The Kier molecular flexibility index (Phi) is 8.20. The van der Waals surface area contributed by atoms with Gasteiger partial charge in [-0.3, -0.25) is 9.59 Å². The number of nitrogens with zero attached hydrogens (tertiary/aromatic N) is 1. The molecule has 0 spiro atoms. The summed E-state index contributed by atoms with van der Waals surface area (Å²) in [6.45, 7) is 2.39. The third kappa shape index (κ3) is 7.34. The molecule has 0 fully saturated rings. The molecule has 2 rings (SSSR count). The fourth-order valence-corrected chi connectivity index (χ4v) is 2.21. The maximum absolute atomic E-state index is 12.8. The lowest BCUT2D eigenvalue weighted by molar-refractivity contribution is -0.126. The number of halogens is 1. The highest BCUT2D eigenvalue weighted by Crippen LogP contribution is 2.27. The highest BCUT2D eigenvalue weighted by Gasteiger charge is 2.09. The van der Waals surface area contributed by atoms with Crippen LogP contribution in [-0.4, -0.2) is 31.2 Å². The van der Waals surface area contributed by atoms with Crippen LogP contribution in [-0.2, 0) is 9.59 Å². The van der Waals surface area contributed by atoms with Crippen LogP contribution in [0.5, 0.6) is 11.5 Å². The molecule has 0 bridgehead atoms. The summed E-state index contributed by atoms with van der Waals surface area (Å²) in [5.74, 6) is 1.82. The van der Waals surface area contributed by atoms with Gasteiger partial charge in [-0.1, -0.05) is 5.92 Å². The summed E-state index contributed by atoms with van der Waals surface area (Å²) in [4.78, 5) is 23.6. The Morgan fingerprint density at radius 3 is 2.59 bits per heavy atom. The fraction of sp³-hybridized carbons (Fsp3) is 0.190. The molecule has 29 heavy (non-hydrogen) atoms. The van der Waals surface area contributed by atoms with Crippen LogP contribution in [0.4, 0.5) is 10.1 Å². The molecule has 7 nitrogen and oxygen atoms in total. The lowest BCUT2D eigenvalue weighted by Crippen LogP contribution is -2.24. The van der Waals surface area contributed by atoms with Gasteiger partial charge >= 0.3 is 0 Å². The molecule has 0 aliphatic carbocycles. The van der Waals surface area contributed by atoms with Crippen LogP contribution >= 0.6 is 0 Å². The van der Waals surface area contributed by atoms with Gasteiger partial charge in [0.15, 0.2) is 11.5 Å². The minimum atomic E-state index is -0.597. The number of terminal acetylenes is 1. The molecule has 0 heterocycles. The molecule has 2 aromatic carbocycles. The maximum atomic E-state index is 12.8. The molecule has 0 saturated carbocycles. The Hall–Kier alpha value is -3.86. The number of rotatable bonds is 9. The van der Waals surface area contributed by atoms with Gasteiger partial charge < -0.3 is 14.8 Å². The second kappa shape index (κ2) is 11.1. The minimum Gasteiger partial charge on any atom is -0.490 e. The van der Waals surface area contributed by atoms with Crippen molar-refractivity contribution < 1.29 is 23.5 Å². The van der Waals surface area contributed by atoms with Crippen molar-refractivity contribution in [3.8, 4) is 23.8 Å². The zero-order valence-electron chi connectivity index (χ0n) is 15.8. The summed E-state index contributed by atoms with van der Waals surface area (Å²) in [7, 11) is 0. The quantitative estimate of drug-likeness (QED) is 0.295. The predicted molar refractivity (Wildman–Crippen MR) is 107 cm³/mol. The van der Waals surface area contributed by atoms with Gasteiger partial charge in [0, 0.05) is 5.69 Å². The first-order chi connectivity index (χ1) is 14.0. The monoisotopic (exact) mass is 397 g/mol. The minimum absolute atomic E-state index is 0.115. The van der Waals surface area contributed by atoms with Crippen LogP contribution < -0.4 is 20.2 Å². The van der Waals surface area contributed by atoms with Gasteiger partial charge in [-0.2, -0.15) is 5.10 Å². The summed E-state index contributed by atoms with van der Waals surface area (Å²) in [5.41, 5.74) is 3.31. The van der Waals surface area contributed by atoms with E-state index in [0.29, 0.717) is 29.4 Å². The van der Waals surface area contributed by atoms with E-state index >= 15 is 0 Å². The number of nitrogens with one attached hydrogen (secondary N) is 2. The molecule has 0 unspecified atom stereocenters. The predicted octanol–water partition coefficient (Wildman–Crippen LogP) is 2.72. The van der Waals surface area contributed by atoms with Crippen LogP contribution in [0.1, 0.15) is 18.9 Å². The zero-order valence-corrected chi connectivity index (χ0v) is 15.8. The second-order valence-corrected chi connectivity index (χ2v) is 5.66. The first-order valence-corrected chi connectivity index (χ1v) is 8.72. The lowest BCUT2D eigenvalue weighted by Gasteiger charge is -2.10. The van der Waals surface area contributed by atoms with Gasteiger partial charge in [0.1, 0.15) is 18.8 Å². The fourth-order valence-electron chi connectivity index (χ4n) is 2.21. The van der Waals surface area contributed by atoms with Crippen LogP contribution in [0.3, 0.4) is 0 Å². The van der Waals surface area contributed by atoms with Crippen molar-refractivity contribution in [1.82, 2.24) is 5.43 Å². The van der Waals surface area contributed by atoms with Crippen molar-refractivity contribution in [2.24, 2.45) is 5.10 Å². The average molecular weight is 397 g/mol. The average Bonchev–Trinajstić information content (AvgIpc) is 2.69. The lowest BCUT2D eigenvalue weighted by atomic mass is 10.2. The number of benzene rings is 2. The Labute approximate surface area is 167 Å². The maximum Gasteiger partial charge on any atom is 0.249 e. The molecule has 2 aromatic rings. The van der Waals surface area contributed by atoms with Crippen molar-refractivity contribution in [1.29, 1.82) is 0 Å². The molecular formula is C21H20FN3O4. The molecule has 0 saturated heterocycles. The summed E-state index contributed by atoms with van der Waals surface area (Å²) in [6.07, 6.45) is 6.16. The van der Waals surface area contributed by atoms with E-state index < -0.39 is 24.1 Å². The SMILES string of the molecule is C#CCOc1ccc(C=NNC(=O)CC(=O)Nc2ccc(F)cc2)cc1OCC. The molecule has 2 N–H and O–H groups in total. The normalized spacial score (nSPS) is 10.2. The molecular weight excluding hydrogens is 377 g/mol. The number of ether oxygens (including phenoxy) is 2. The summed E-state index contributed by atoms with van der Waals surface area (Å²) >= 11 is 0. The van der Waals surface area contributed by atoms with E-state index in [2.05, 4.69) is 21.8 Å². The van der Waals surface area contributed by atoms with E-state index in [9.17, 15) is 14.0 Å². The Balaban J connectivity index is 1.88. The van der Waals surface area contributed by atoms with Gasteiger partial charge in [-0.25, -0.2) is 9.82 Å². The topological polar surface area (TPSA) is 89.0 Å². The van der Waals surface area contributed by atoms with E-state index in [0.717, 1.165) is 0 Å². The van der Waals surface area contributed by atoms with Gasteiger partial charge in [0.2, 0.25) is 11.8 Å². The molecule has 8 heteroatoms. The van der Waals surface area contributed by atoms with Crippen LogP contribution in [0.2, 0.25) is 0 Å². The highest BCUT2D eigenvalue weighted by molar-refractivity contribution is 6.03. The van der Waals surface area contributed by atoms with Crippen molar-refractivity contribution in [2.75, 3.05) is 18.5 Å². The molecule has 0 aliphatic heterocycles. The number of hydrogen-bond donors (Lipinski definition) is 2. The molecule has 150 valence electrons. The molecule has 0 aromatic heterocycles. The van der Waals surface area contributed by atoms with Gasteiger partial charge in [0.05, 0.1) is 12.8 Å². The number of carbonyl (C=O) groups excluding carboxylic acids is 2. The van der Waals surface area contributed by atoms with E-state index in [1.54, 1.807) is 18.2 Å². The smallest absolute Gasteiger partial charge is 0.249 e. The third-order valence-electron chi connectivity index (χ3n) is 3.43. The Bertz CT molecular complexity index is 921. The number of hydrazone groups is 1. The zero-order chi connectivity index (χ0) is 21.1. The van der Waals surface area contributed by atoms with Gasteiger partial charge in [-0.15, -0.1) is 6.42 Å². The summed E-state index contributed by atoms with van der Waals surface area (Å²) in [6, 6.07) is 10.3. The van der Waals surface area contributed by atoms with Gasteiger partial charge in [0.25, 0.3) is 0 Å². The van der Waals surface area contributed by atoms with E-state index in [4.69, 9.17) is 15.9 Å². The summed E-state index contributed by atoms with van der Waals surface area (Å²) < 4.78 is 23.7. The third-order valence-corrected chi connectivity index (χ3v) is 3.43. The summed E-state index contributed by atoms with van der Waals surface area (Å²) in [5, 5.41) is 6.31. The van der Waals surface area contributed by atoms with E-state index in [1.807, 2.05) is 6.92 Å².